The number of carbonyl (C=O) groups excluding carboxylic acids is 2. The molecule has 13 heavy (non-hydrogen) atoms. The molecule has 0 heterocycles. The average Bonchev–Trinajstić information content (AvgIpc) is 2.04. The average molecular weight is 314 g/mol. The summed E-state index contributed by atoms with van der Waals surface area (Å²) in [7, 11) is 0. The number of carbonyl (C=O) groups is 2. The van der Waals surface area contributed by atoms with Crippen LogP contribution in [0.5, 0.6) is 0 Å². The Balaban J connectivity index is 0.00000144. The maximum atomic E-state index is 10.8. The largest absolute Gasteiger partial charge is 0.295 e. The van der Waals surface area contributed by atoms with E-state index in [0.717, 1.165) is 0 Å². The number of hydrogen-bond acceptors (Lipinski definition) is 2. The van der Waals surface area contributed by atoms with Crippen LogP contribution in [-0.4, -0.2) is 11.6 Å². The molecule has 0 saturated carbocycles. The molecule has 0 aliphatic heterocycles. The van der Waals surface area contributed by atoms with Crippen LogP contribution in [0.15, 0.2) is 24.3 Å². The molecule has 0 aliphatic carbocycles. The van der Waals surface area contributed by atoms with E-state index in [0.29, 0.717) is 11.1 Å². The van der Waals surface area contributed by atoms with E-state index >= 15 is 0 Å². The minimum absolute atomic E-state index is 0. The third-order valence-electron chi connectivity index (χ3n) is 1.70. The third kappa shape index (κ3) is 3.80. The van der Waals surface area contributed by atoms with Crippen LogP contribution in [0.4, 0.5) is 0 Å². The van der Waals surface area contributed by atoms with Gasteiger partial charge in [-0.15, -0.1) is 0 Å². The van der Waals surface area contributed by atoms with Crippen LogP contribution in [0.25, 0.3) is 0 Å². The molecule has 0 atom stereocenters. The first kappa shape index (κ1) is 13.1. The number of rotatable bonds is 2. The molecule has 1 radical (unpaired) electrons. The van der Waals surface area contributed by atoms with Gasteiger partial charge in [0, 0.05) is 60.5 Å². The molecule has 1 rings (SSSR count). The van der Waals surface area contributed by atoms with Gasteiger partial charge < -0.3 is 0 Å². The Labute approximate surface area is 118 Å². The maximum Gasteiger partial charge on any atom is 0.159 e. The van der Waals surface area contributed by atoms with E-state index in [1.807, 2.05) is 0 Å². The minimum Gasteiger partial charge on any atom is -0.295 e. The first-order valence-electron chi connectivity index (χ1n) is 3.73. The van der Waals surface area contributed by atoms with Gasteiger partial charge in [-0.05, 0) is 13.8 Å². The van der Waals surface area contributed by atoms with Crippen molar-refractivity contribution in [2.45, 2.75) is 13.8 Å². The van der Waals surface area contributed by atoms with E-state index in [1.54, 1.807) is 24.3 Å². The molecule has 0 amide bonds. The predicted molar refractivity (Wildman–Crippen MR) is 46.5 cm³/mol. The van der Waals surface area contributed by atoms with E-state index in [4.69, 9.17) is 0 Å². The monoisotopic (exact) mass is 315 g/mol. The molecule has 2 nitrogen and oxygen atoms in total. The smallest absolute Gasteiger partial charge is 0.159 e. The first-order chi connectivity index (χ1) is 5.61. The quantitative estimate of drug-likeness (QED) is 0.784. The maximum absolute atomic E-state index is 10.8. The Kier molecular flexibility index (Phi) is 5.85. The van der Waals surface area contributed by atoms with E-state index < -0.39 is 0 Å². The van der Waals surface area contributed by atoms with Crippen molar-refractivity contribution in [2.75, 3.05) is 0 Å². The topological polar surface area (TPSA) is 34.1 Å². The number of ketones is 2. The van der Waals surface area contributed by atoms with E-state index in [1.165, 1.54) is 13.8 Å². The summed E-state index contributed by atoms with van der Waals surface area (Å²) in [5, 5.41) is 0. The van der Waals surface area contributed by atoms with Crippen molar-refractivity contribution in [1.82, 2.24) is 0 Å². The summed E-state index contributed by atoms with van der Waals surface area (Å²) in [5.74, 6) is 0.0372. The second kappa shape index (κ2) is 5.79. The molecular weight excluding hydrogens is 304 g/mol. The van der Waals surface area contributed by atoms with Crippen LogP contribution in [0.1, 0.15) is 34.6 Å². The van der Waals surface area contributed by atoms with Crippen LogP contribution in [0.2, 0.25) is 0 Å². The molecule has 0 aromatic heterocycles. The van der Waals surface area contributed by atoms with Crippen molar-refractivity contribution in [1.29, 1.82) is 0 Å². The van der Waals surface area contributed by atoms with E-state index in [-0.39, 0.29) is 60.9 Å². The van der Waals surface area contributed by atoms with Gasteiger partial charge in [-0.2, -0.15) is 0 Å². The van der Waals surface area contributed by atoms with Gasteiger partial charge in [-0.25, -0.2) is 0 Å². The molecule has 0 spiro atoms. The van der Waals surface area contributed by atoms with Crippen LogP contribution in [-0.2, 0) is 0 Å². The van der Waals surface area contributed by atoms with Crippen molar-refractivity contribution >= 4 is 11.6 Å². The fourth-order valence-electron chi connectivity index (χ4n) is 0.940. The van der Waals surface area contributed by atoms with Crippen molar-refractivity contribution in [3.05, 3.63) is 35.4 Å². The van der Waals surface area contributed by atoms with Gasteiger partial charge in [-0.3, -0.25) is 9.59 Å². The van der Waals surface area contributed by atoms with Gasteiger partial charge in [0.25, 0.3) is 0 Å². The molecule has 0 saturated heterocycles. The van der Waals surface area contributed by atoms with Gasteiger partial charge in [0.2, 0.25) is 0 Å². The second-order valence-electron chi connectivity index (χ2n) is 2.69. The Morgan fingerprint density at radius 1 is 0.846 bits per heavy atom. The Morgan fingerprint density at radius 2 is 1.08 bits per heavy atom. The van der Waals surface area contributed by atoms with Crippen LogP contribution < -0.4 is 0 Å². The summed E-state index contributed by atoms with van der Waals surface area (Å²) in [5.41, 5.74) is 1.28. The second-order valence-corrected chi connectivity index (χ2v) is 2.69. The number of Topliss-reactive ketones (excluding diaryl/α,β-unsaturated/α-hetero) is 2. The standard InChI is InChI=1S/C10H10O2.Eu/c1-7(11)9-3-5-10(6-4-9)8(2)12;/h3-6H,1-2H3;. The van der Waals surface area contributed by atoms with Crippen LogP contribution >= 0.6 is 0 Å². The first-order valence-corrected chi connectivity index (χ1v) is 3.73. The predicted octanol–water partition coefficient (Wildman–Crippen LogP) is 2.09. The van der Waals surface area contributed by atoms with E-state index in [2.05, 4.69) is 0 Å². The molecule has 0 N–H and O–H groups in total. The fraction of sp³-hybridized carbons (Fsp3) is 0.200. The Hall–Kier alpha value is 0.144. The van der Waals surface area contributed by atoms with Gasteiger partial charge in [0.05, 0.1) is 0 Å². The van der Waals surface area contributed by atoms with Gasteiger partial charge >= 0.3 is 0 Å². The Bertz CT molecular complexity index is 281. The minimum atomic E-state index is 0. The molecule has 3 heteroatoms. The molecule has 1 aromatic rings. The molecule has 0 aliphatic rings. The molecule has 0 bridgehead atoms. The summed E-state index contributed by atoms with van der Waals surface area (Å²) in [6.07, 6.45) is 0. The fourth-order valence-corrected chi connectivity index (χ4v) is 0.940. The van der Waals surface area contributed by atoms with E-state index in [9.17, 15) is 9.59 Å². The zero-order valence-corrected chi connectivity index (χ0v) is 9.93. The van der Waals surface area contributed by atoms with Crippen molar-refractivity contribution in [2.24, 2.45) is 0 Å². The zero-order chi connectivity index (χ0) is 9.14. The molecule has 0 fully saturated rings. The van der Waals surface area contributed by atoms with Crippen LogP contribution in [0, 0.1) is 49.4 Å². The number of benzene rings is 1. The molecule has 1 aromatic carbocycles. The molecule has 0 unspecified atom stereocenters. The zero-order valence-electron chi connectivity index (χ0n) is 7.50. The van der Waals surface area contributed by atoms with Crippen LogP contribution in [0.3, 0.4) is 0 Å². The summed E-state index contributed by atoms with van der Waals surface area (Å²) >= 11 is 0. The number of hydrogen-bond donors (Lipinski definition) is 0. The molecule has 69 valence electrons. The summed E-state index contributed by atoms with van der Waals surface area (Å²) in [6, 6.07) is 6.66. The van der Waals surface area contributed by atoms with Gasteiger partial charge in [0.1, 0.15) is 0 Å². The van der Waals surface area contributed by atoms with Crippen molar-refractivity contribution in [3.63, 3.8) is 0 Å². The summed E-state index contributed by atoms with van der Waals surface area (Å²) in [4.78, 5) is 21.7. The van der Waals surface area contributed by atoms with Gasteiger partial charge in [-0.1, -0.05) is 24.3 Å². The third-order valence-corrected chi connectivity index (χ3v) is 1.70. The Morgan fingerprint density at radius 3 is 1.23 bits per heavy atom. The van der Waals surface area contributed by atoms with Gasteiger partial charge in [0.15, 0.2) is 11.6 Å². The molecular formula is C10H10EuO2. The summed E-state index contributed by atoms with van der Waals surface area (Å²) in [6.45, 7) is 3.01. The van der Waals surface area contributed by atoms with Crippen molar-refractivity contribution < 1.29 is 59.0 Å². The van der Waals surface area contributed by atoms with Crippen molar-refractivity contribution in [3.8, 4) is 0 Å². The SMILES string of the molecule is CC(=O)c1ccc(C(C)=O)cc1.[Eu]. The normalized spacial score (nSPS) is 8.77. The summed E-state index contributed by atoms with van der Waals surface area (Å²) < 4.78 is 0.